The van der Waals surface area contributed by atoms with E-state index in [9.17, 15) is 0 Å². The number of thioether (sulfide) groups is 1. The number of benzene rings is 1. The summed E-state index contributed by atoms with van der Waals surface area (Å²) in [6, 6.07) is 7.60. The van der Waals surface area contributed by atoms with Crippen molar-refractivity contribution in [2.45, 2.75) is 6.54 Å². The van der Waals surface area contributed by atoms with Crippen LogP contribution >= 0.6 is 11.8 Å². The van der Waals surface area contributed by atoms with Crippen molar-refractivity contribution < 1.29 is 4.74 Å². The van der Waals surface area contributed by atoms with E-state index in [-0.39, 0.29) is 0 Å². The Hall–Kier alpha value is -1.18. The third-order valence-corrected chi connectivity index (χ3v) is 2.82. The number of ether oxygens (including phenoxy) is 1. The molecule has 0 saturated carbocycles. The zero-order chi connectivity index (χ0) is 11.8. The van der Waals surface area contributed by atoms with Gasteiger partial charge in [0.2, 0.25) is 0 Å². The summed E-state index contributed by atoms with van der Waals surface area (Å²) in [7, 11) is 1.65. The van der Waals surface area contributed by atoms with Crippen molar-refractivity contribution in [3.05, 3.63) is 29.3 Å². The fourth-order valence-corrected chi connectivity index (χ4v) is 1.73. The van der Waals surface area contributed by atoms with Gasteiger partial charge in [-0.2, -0.15) is 17.0 Å². The minimum atomic E-state index is 0.669. The number of hydrogen-bond donors (Lipinski definition) is 1. The highest BCUT2D eigenvalue weighted by Gasteiger charge is 2.03. The van der Waals surface area contributed by atoms with Crippen LogP contribution in [0.25, 0.3) is 0 Å². The van der Waals surface area contributed by atoms with Gasteiger partial charge in [-0.25, -0.2) is 0 Å². The first kappa shape index (κ1) is 12.9. The summed E-state index contributed by atoms with van der Waals surface area (Å²) in [4.78, 5) is 0. The first-order valence-corrected chi connectivity index (χ1v) is 6.48. The third-order valence-electron chi connectivity index (χ3n) is 2.21. The summed E-state index contributed by atoms with van der Waals surface area (Å²) >= 11 is 1.81. The van der Waals surface area contributed by atoms with Gasteiger partial charge in [-0.05, 0) is 24.5 Å². The average molecular weight is 236 g/mol. The smallest absolute Gasteiger partial charge is 0.123 e. The molecule has 16 heavy (non-hydrogen) atoms. The summed E-state index contributed by atoms with van der Waals surface area (Å²) in [6.45, 7) is 1.69. The minimum absolute atomic E-state index is 0.669. The maximum absolute atomic E-state index is 8.82. The number of nitrogens with one attached hydrogen (secondary N) is 1. The molecule has 3 nitrogen and oxygen atoms in total. The summed E-state index contributed by atoms with van der Waals surface area (Å²) in [5.41, 5.74) is 1.70. The van der Waals surface area contributed by atoms with Crippen LogP contribution in [-0.4, -0.2) is 25.7 Å². The quantitative estimate of drug-likeness (QED) is 0.768. The number of methoxy groups -OCH3 is 1. The molecule has 4 heteroatoms. The van der Waals surface area contributed by atoms with E-state index in [4.69, 9.17) is 10.00 Å². The Morgan fingerprint density at radius 2 is 2.31 bits per heavy atom. The summed E-state index contributed by atoms with van der Waals surface area (Å²) in [6.07, 6.45) is 2.08. The van der Waals surface area contributed by atoms with Crippen LogP contribution in [0.3, 0.4) is 0 Å². The Kier molecular flexibility index (Phi) is 5.76. The van der Waals surface area contributed by atoms with E-state index >= 15 is 0 Å². The largest absolute Gasteiger partial charge is 0.496 e. The number of rotatable bonds is 6. The fourth-order valence-electron chi connectivity index (χ4n) is 1.38. The lowest BCUT2D eigenvalue weighted by Crippen LogP contribution is -2.17. The van der Waals surface area contributed by atoms with Crippen LogP contribution in [0.4, 0.5) is 0 Å². The highest BCUT2D eigenvalue weighted by Crippen LogP contribution is 2.19. The molecule has 0 aromatic heterocycles. The molecule has 0 heterocycles. The highest BCUT2D eigenvalue weighted by atomic mass is 32.2. The van der Waals surface area contributed by atoms with Gasteiger partial charge in [0.25, 0.3) is 0 Å². The molecule has 1 aromatic rings. The van der Waals surface area contributed by atoms with Gasteiger partial charge in [0.05, 0.1) is 18.7 Å². The number of hydrogen-bond acceptors (Lipinski definition) is 4. The van der Waals surface area contributed by atoms with Crippen molar-refractivity contribution in [1.82, 2.24) is 5.32 Å². The molecule has 0 atom stereocenters. The summed E-state index contributed by atoms with van der Waals surface area (Å²) in [5, 5.41) is 12.1. The van der Waals surface area contributed by atoms with Crippen LogP contribution in [-0.2, 0) is 6.54 Å². The van der Waals surface area contributed by atoms with Gasteiger partial charge >= 0.3 is 0 Å². The molecule has 0 unspecified atom stereocenters. The first-order chi connectivity index (χ1) is 7.81. The van der Waals surface area contributed by atoms with Gasteiger partial charge in [0.1, 0.15) is 5.75 Å². The molecule has 0 bridgehead atoms. The van der Waals surface area contributed by atoms with Gasteiger partial charge in [-0.15, -0.1) is 0 Å². The summed E-state index contributed by atoms with van der Waals surface area (Å²) in [5.74, 6) is 1.91. The second-order valence-corrected chi connectivity index (χ2v) is 4.29. The van der Waals surface area contributed by atoms with E-state index in [1.54, 1.807) is 13.2 Å². The van der Waals surface area contributed by atoms with E-state index < -0.39 is 0 Å². The molecule has 0 saturated heterocycles. The number of nitrogens with zero attached hydrogens (tertiary/aromatic N) is 1. The molecule has 0 spiro atoms. The molecule has 86 valence electrons. The topological polar surface area (TPSA) is 45.0 Å². The lowest BCUT2D eigenvalue weighted by atomic mass is 10.1. The second-order valence-electron chi connectivity index (χ2n) is 3.31. The van der Waals surface area contributed by atoms with Crippen molar-refractivity contribution >= 4 is 11.8 Å². The van der Waals surface area contributed by atoms with Gasteiger partial charge in [-0.1, -0.05) is 0 Å². The average Bonchev–Trinajstić information content (AvgIpc) is 2.34. The van der Waals surface area contributed by atoms with Crippen LogP contribution in [0.15, 0.2) is 18.2 Å². The molecule has 1 aromatic carbocycles. The zero-order valence-electron chi connectivity index (χ0n) is 9.62. The Balaban J connectivity index is 2.65. The fraction of sp³-hybridized carbons (Fsp3) is 0.417. The van der Waals surface area contributed by atoms with Crippen molar-refractivity contribution in [2.75, 3.05) is 25.7 Å². The Morgan fingerprint density at radius 3 is 2.94 bits per heavy atom. The molecule has 0 fully saturated rings. The maximum atomic E-state index is 8.82. The Labute approximate surface area is 101 Å². The highest BCUT2D eigenvalue weighted by molar-refractivity contribution is 7.98. The van der Waals surface area contributed by atoms with E-state index in [0.717, 1.165) is 30.2 Å². The van der Waals surface area contributed by atoms with Gasteiger partial charge in [0.15, 0.2) is 0 Å². The number of nitriles is 1. The van der Waals surface area contributed by atoms with Crippen LogP contribution in [0.2, 0.25) is 0 Å². The Morgan fingerprint density at radius 1 is 1.50 bits per heavy atom. The van der Waals surface area contributed by atoms with Gasteiger partial charge < -0.3 is 10.1 Å². The van der Waals surface area contributed by atoms with Crippen molar-refractivity contribution in [3.63, 3.8) is 0 Å². The minimum Gasteiger partial charge on any atom is -0.496 e. The van der Waals surface area contributed by atoms with Gasteiger partial charge in [0, 0.05) is 24.4 Å². The molecule has 1 rings (SSSR count). The molecule has 1 N–H and O–H groups in total. The first-order valence-electron chi connectivity index (χ1n) is 5.08. The van der Waals surface area contributed by atoms with Gasteiger partial charge in [-0.3, -0.25) is 0 Å². The van der Waals surface area contributed by atoms with E-state index in [1.807, 2.05) is 23.9 Å². The molecule has 0 aliphatic heterocycles. The van der Waals surface area contributed by atoms with E-state index in [2.05, 4.69) is 17.6 Å². The van der Waals surface area contributed by atoms with E-state index in [1.165, 1.54) is 0 Å². The standard InChI is InChI=1S/C12H16N2OS/c1-15-12-4-3-10(8-13)7-11(12)9-14-5-6-16-2/h3-4,7,14H,5-6,9H2,1-2H3. The molecular weight excluding hydrogens is 220 g/mol. The van der Waals surface area contributed by atoms with Crippen molar-refractivity contribution in [2.24, 2.45) is 0 Å². The lowest BCUT2D eigenvalue weighted by Gasteiger charge is -2.09. The van der Waals surface area contributed by atoms with Crippen LogP contribution in [0.5, 0.6) is 5.75 Å². The molecule has 0 radical (unpaired) electrons. The zero-order valence-corrected chi connectivity index (χ0v) is 10.4. The second kappa shape index (κ2) is 7.15. The molecular formula is C12H16N2OS. The Bertz CT molecular complexity index is 374. The monoisotopic (exact) mass is 236 g/mol. The predicted molar refractivity (Wildman–Crippen MR) is 67.8 cm³/mol. The van der Waals surface area contributed by atoms with Crippen LogP contribution in [0, 0.1) is 11.3 Å². The normalized spacial score (nSPS) is 9.81. The summed E-state index contributed by atoms with van der Waals surface area (Å²) < 4.78 is 5.25. The lowest BCUT2D eigenvalue weighted by molar-refractivity contribution is 0.408. The van der Waals surface area contributed by atoms with E-state index in [0.29, 0.717) is 5.56 Å². The predicted octanol–water partition coefficient (Wildman–Crippen LogP) is 2.02. The van der Waals surface area contributed by atoms with Crippen molar-refractivity contribution in [1.29, 1.82) is 5.26 Å². The maximum Gasteiger partial charge on any atom is 0.123 e. The molecule has 0 amide bonds. The SMILES string of the molecule is COc1ccc(C#N)cc1CNCCSC. The third kappa shape index (κ3) is 3.76. The van der Waals surface area contributed by atoms with Crippen LogP contribution in [0.1, 0.15) is 11.1 Å². The molecule has 0 aliphatic carbocycles. The van der Waals surface area contributed by atoms with Crippen molar-refractivity contribution in [3.8, 4) is 11.8 Å². The van der Waals surface area contributed by atoms with Crippen LogP contribution < -0.4 is 10.1 Å². The molecule has 0 aliphatic rings.